The first-order chi connectivity index (χ1) is 14.0. The lowest BCUT2D eigenvalue weighted by molar-refractivity contribution is -0.142. The van der Waals surface area contributed by atoms with Crippen LogP contribution in [-0.4, -0.2) is 43.0 Å². The molecule has 6 nitrogen and oxygen atoms in total. The smallest absolute Gasteiger partial charge is 0.261 e. The van der Waals surface area contributed by atoms with E-state index >= 15 is 0 Å². The summed E-state index contributed by atoms with van der Waals surface area (Å²) in [5.41, 5.74) is 0.327. The van der Waals surface area contributed by atoms with Crippen LogP contribution < -0.4 is 14.8 Å². The fraction of sp³-hybridized carbons (Fsp3) is 0.364. The second-order valence-corrected chi connectivity index (χ2v) is 6.52. The molecule has 0 heterocycles. The van der Waals surface area contributed by atoms with E-state index in [2.05, 4.69) is 5.32 Å². The highest BCUT2D eigenvalue weighted by atomic mass is 19.1. The maximum atomic E-state index is 14.1. The predicted molar refractivity (Wildman–Crippen MR) is 108 cm³/mol. The van der Waals surface area contributed by atoms with Crippen LogP contribution in [0.4, 0.5) is 4.39 Å². The molecule has 0 fully saturated rings. The fourth-order valence-corrected chi connectivity index (χ4v) is 2.75. The predicted octanol–water partition coefficient (Wildman–Crippen LogP) is 3.16. The summed E-state index contributed by atoms with van der Waals surface area (Å²) in [7, 11) is 1.51. The van der Waals surface area contributed by atoms with Crippen LogP contribution in [0.5, 0.6) is 11.5 Å². The summed E-state index contributed by atoms with van der Waals surface area (Å²) < 4.78 is 25.0. The van der Waals surface area contributed by atoms with Crippen molar-refractivity contribution in [2.24, 2.45) is 0 Å². The van der Waals surface area contributed by atoms with E-state index in [4.69, 9.17) is 9.47 Å². The Kier molecular flexibility index (Phi) is 8.45. The first kappa shape index (κ1) is 22.2. The van der Waals surface area contributed by atoms with Crippen molar-refractivity contribution in [2.45, 2.75) is 32.9 Å². The fourth-order valence-electron chi connectivity index (χ4n) is 2.75. The standard InChI is InChI=1S/C22H27FN2O4/c1-4-13-24-22(27)16(2)25(14-17-9-5-6-10-18(17)23)21(26)15-29-20-12-8-7-11-19(20)28-3/h5-12,16H,4,13-15H2,1-3H3,(H,24,27)/t16-/m0/s1. The third kappa shape index (κ3) is 6.20. The maximum absolute atomic E-state index is 14.1. The minimum Gasteiger partial charge on any atom is -0.493 e. The van der Waals surface area contributed by atoms with Crippen LogP contribution in [-0.2, 0) is 16.1 Å². The van der Waals surface area contributed by atoms with Gasteiger partial charge < -0.3 is 19.7 Å². The molecule has 1 N–H and O–H groups in total. The number of methoxy groups -OCH3 is 1. The average Bonchev–Trinajstić information content (AvgIpc) is 2.74. The normalized spacial score (nSPS) is 11.4. The first-order valence-electron chi connectivity index (χ1n) is 9.54. The Balaban J connectivity index is 2.17. The van der Waals surface area contributed by atoms with E-state index in [0.29, 0.717) is 23.6 Å². The summed E-state index contributed by atoms with van der Waals surface area (Å²) in [6.45, 7) is 3.71. The molecule has 0 aromatic heterocycles. The Labute approximate surface area is 170 Å². The van der Waals surface area contributed by atoms with E-state index in [1.165, 1.54) is 18.1 Å². The van der Waals surface area contributed by atoms with Crippen molar-refractivity contribution in [3.8, 4) is 11.5 Å². The second-order valence-electron chi connectivity index (χ2n) is 6.52. The van der Waals surface area contributed by atoms with Gasteiger partial charge in [-0.05, 0) is 31.5 Å². The minimum absolute atomic E-state index is 0.0402. The van der Waals surface area contributed by atoms with Gasteiger partial charge in [-0.15, -0.1) is 0 Å². The van der Waals surface area contributed by atoms with E-state index in [-0.39, 0.29) is 19.1 Å². The minimum atomic E-state index is -0.782. The molecule has 0 bridgehead atoms. The van der Waals surface area contributed by atoms with Crippen LogP contribution in [0.3, 0.4) is 0 Å². The average molecular weight is 402 g/mol. The van der Waals surface area contributed by atoms with E-state index in [1.54, 1.807) is 49.4 Å². The zero-order valence-electron chi connectivity index (χ0n) is 17.0. The lowest BCUT2D eigenvalue weighted by Crippen LogP contribution is -2.49. The molecule has 29 heavy (non-hydrogen) atoms. The first-order valence-corrected chi connectivity index (χ1v) is 9.54. The Hall–Kier alpha value is -3.09. The number of nitrogens with zero attached hydrogens (tertiary/aromatic N) is 1. The largest absolute Gasteiger partial charge is 0.493 e. The summed E-state index contributed by atoms with van der Waals surface area (Å²) >= 11 is 0. The molecule has 2 aromatic rings. The monoisotopic (exact) mass is 402 g/mol. The number of carbonyl (C=O) groups is 2. The Morgan fingerprint density at radius 1 is 1.10 bits per heavy atom. The van der Waals surface area contributed by atoms with E-state index in [9.17, 15) is 14.0 Å². The van der Waals surface area contributed by atoms with Crippen LogP contribution in [0.1, 0.15) is 25.8 Å². The number of ether oxygens (including phenoxy) is 2. The van der Waals surface area contributed by atoms with Crippen molar-refractivity contribution >= 4 is 11.8 Å². The topological polar surface area (TPSA) is 67.9 Å². The third-order valence-electron chi connectivity index (χ3n) is 4.44. The van der Waals surface area contributed by atoms with Gasteiger partial charge in [0.05, 0.1) is 7.11 Å². The molecule has 1 atom stereocenters. The number of amides is 2. The summed E-state index contributed by atoms with van der Waals surface area (Å²) in [6, 6.07) is 12.4. The van der Waals surface area contributed by atoms with Gasteiger partial charge in [-0.25, -0.2) is 4.39 Å². The number of hydrogen-bond acceptors (Lipinski definition) is 4. The van der Waals surface area contributed by atoms with Crippen molar-refractivity contribution in [3.63, 3.8) is 0 Å². The van der Waals surface area contributed by atoms with Crippen molar-refractivity contribution in [2.75, 3.05) is 20.3 Å². The zero-order valence-corrected chi connectivity index (χ0v) is 17.0. The van der Waals surface area contributed by atoms with Crippen molar-refractivity contribution in [1.82, 2.24) is 10.2 Å². The summed E-state index contributed by atoms with van der Waals surface area (Å²) in [4.78, 5) is 26.7. The number of benzene rings is 2. The lowest BCUT2D eigenvalue weighted by atomic mass is 10.1. The molecule has 0 unspecified atom stereocenters. The summed E-state index contributed by atoms with van der Waals surface area (Å²) in [5.74, 6) is -0.253. The van der Waals surface area contributed by atoms with E-state index in [0.717, 1.165) is 6.42 Å². The molecule has 2 rings (SSSR count). The molecule has 0 spiro atoms. The van der Waals surface area contributed by atoms with Gasteiger partial charge >= 0.3 is 0 Å². The number of nitrogens with one attached hydrogen (secondary N) is 1. The maximum Gasteiger partial charge on any atom is 0.261 e. The van der Waals surface area contributed by atoms with Crippen LogP contribution in [0, 0.1) is 5.82 Å². The molecule has 156 valence electrons. The molecule has 2 amide bonds. The number of hydrogen-bond donors (Lipinski definition) is 1. The van der Waals surface area contributed by atoms with Gasteiger partial charge in [0.2, 0.25) is 5.91 Å². The molecule has 0 saturated carbocycles. The van der Waals surface area contributed by atoms with Crippen molar-refractivity contribution in [3.05, 3.63) is 59.9 Å². The zero-order chi connectivity index (χ0) is 21.2. The van der Waals surface area contributed by atoms with Gasteiger partial charge in [0.25, 0.3) is 5.91 Å². The molecule has 7 heteroatoms. The number of rotatable bonds is 10. The molecule has 2 aromatic carbocycles. The van der Waals surface area contributed by atoms with E-state index < -0.39 is 17.8 Å². The van der Waals surface area contributed by atoms with Crippen LogP contribution in [0.2, 0.25) is 0 Å². The Morgan fingerprint density at radius 3 is 2.41 bits per heavy atom. The molecule has 0 aliphatic rings. The molecule has 0 radical (unpaired) electrons. The molecule has 0 aliphatic carbocycles. The van der Waals surface area contributed by atoms with Gasteiger partial charge in [0, 0.05) is 18.7 Å². The SMILES string of the molecule is CCCNC(=O)[C@H](C)N(Cc1ccccc1F)C(=O)COc1ccccc1OC. The lowest BCUT2D eigenvalue weighted by Gasteiger charge is -2.29. The molecule has 0 aliphatic heterocycles. The molecular formula is C22H27FN2O4. The quantitative estimate of drug-likeness (QED) is 0.663. The highest BCUT2D eigenvalue weighted by molar-refractivity contribution is 5.88. The highest BCUT2D eigenvalue weighted by Gasteiger charge is 2.27. The Morgan fingerprint density at radius 2 is 1.76 bits per heavy atom. The van der Waals surface area contributed by atoms with Crippen LogP contribution in [0.25, 0.3) is 0 Å². The summed E-state index contributed by atoms with van der Waals surface area (Å²) in [6.07, 6.45) is 0.774. The highest BCUT2D eigenvalue weighted by Crippen LogP contribution is 2.26. The van der Waals surface area contributed by atoms with Crippen molar-refractivity contribution < 1.29 is 23.5 Å². The number of carbonyl (C=O) groups excluding carboxylic acids is 2. The second kappa shape index (κ2) is 11.0. The van der Waals surface area contributed by atoms with Gasteiger partial charge in [0.15, 0.2) is 18.1 Å². The Bertz CT molecular complexity index is 828. The molecule has 0 saturated heterocycles. The third-order valence-corrected chi connectivity index (χ3v) is 4.44. The van der Waals surface area contributed by atoms with E-state index in [1.807, 2.05) is 6.92 Å². The van der Waals surface area contributed by atoms with Crippen molar-refractivity contribution in [1.29, 1.82) is 0 Å². The number of para-hydroxylation sites is 2. The van der Waals surface area contributed by atoms with Crippen LogP contribution >= 0.6 is 0 Å². The van der Waals surface area contributed by atoms with Crippen LogP contribution in [0.15, 0.2) is 48.5 Å². The molecular weight excluding hydrogens is 375 g/mol. The van der Waals surface area contributed by atoms with Gasteiger partial charge in [0.1, 0.15) is 11.9 Å². The van der Waals surface area contributed by atoms with Gasteiger partial charge in [-0.2, -0.15) is 0 Å². The van der Waals surface area contributed by atoms with Gasteiger partial charge in [-0.1, -0.05) is 37.3 Å². The van der Waals surface area contributed by atoms with Gasteiger partial charge in [-0.3, -0.25) is 9.59 Å². The number of halogens is 1. The summed E-state index contributed by atoms with van der Waals surface area (Å²) in [5, 5.41) is 2.77.